The highest BCUT2D eigenvalue weighted by Crippen LogP contribution is 2.67. The molecule has 2 unspecified atom stereocenters. The minimum absolute atomic E-state index is 0.0482. The number of hydrogen-bond donors (Lipinski definition) is 1. The molecule has 1 aromatic rings. The number of thioether (sulfide) groups is 1. The Morgan fingerprint density at radius 2 is 1.88 bits per heavy atom. The van der Waals surface area contributed by atoms with Gasteiger partial charge in [0.2, 0.25) is 11.8 Å². The van der Waals surface area contributed by atoms with Gasteiger partial charge in [-0.15, -0.1) is 18.3 Å². The number of likely N-dealkylation sites (tertiary alicyclic amines) is 1. The highest BCUT2D eigenvalue weighted by atomic mass is 32.2. The summed E-state index contributed by atoms with van der Waals surface area (Å²) in [5.41, 5.74) is 0.174. The topological polar surface area (TPSA) is 87.2 Å². The van der Waals surface area contributed by atoms with Crippen LogP contribution in [0.25, 0.3) is 0 Å². The molecule has 40 heavy (non-hydrogen) atoms. The number of amides is 2. The zero-order valence-corrected chi connectivity index (χ0v) is 25.3. The number of ether oxygens (including phenoxy) is 1. The number of esters is 1. The van der Waals surface area contributed by atoms with E-state index in [9.17, 15) is 19.5 Å². The van der Waals surface area contributed by atoms with Gasteiger partial charge in [-0.25, -0.2) is 0 Å². The molecule has 1 spiro atoms. The minimum Gasteiger partial charge on any atom is -0.461 e. The fourth-order valence-electron chi connectivity index (χ4n) is 7.55. The third-order valence-corrected chi connectivity index (χ3v) is 10.5. The van der Waals surface area contributed by atoms with Gasteiger partial charge in [0.15, 0.2) is 0 Å². The largest absolute Gasteiger partial charge is 0.461 e. The fourth-order valence-corrected chi connectivity index (χ4v) is 9.73. The number of nitrogens with zero attached hydrogens (tertiary/aromatic N) is 2. The molecule has 3 saturated heterocycles. The van der Waals surface area contributed by atoms with Crippen molar-refractivity contribution in [3.05, 3.63) is 61.2 Å². The molecular formula is C32H44N2O5S. The molecule has 0 saturated carbocycles. The van der Waals surface area contributed by atoms with Crippen molar-refractivity contribution in [1.82, 2.24) is 9.80 Å². The summed E-state index contributed by atoms with van der Waals surface area (Å²) in [7, 11) is 0. The van der Waals surface area contributed by atoms with Gasteiger partial charge in [-0.3, -0.25) is 14.4 Å². The fraction of sp³-hybridized carbons (Fsp3) is 0.594. The maximum absolute atomic E-state index is 14.9. The molecule has 1 N–H and O–H groups in total. The lowest BCUT2D eigenvalue weighted by Crippen LogP contribution is -2.60. The van der Waals surface area contributed by atoms with Crippen LogP contribution in [0.2, 0.25) is 0 Å². The van der Waals surface area contributed by atoms with E-state index in [2.05, 4.69) is 47.8 Å². The Bertz CT molecular complexity index is 1150. The van der Waals surface area contributed by atoms with Crippen molar-refractivity contribution in [2.75, 3.05) is 19.8 Å². The van der Waals surface area contributed by atoms with Crippen LogP contribution in [-0.4, -0.2) is 74.0 Å². The van der Waals surface area contributed by atoms with Crippen LogP contribution < -0.4 is 0 Å². The zero-order valence-electron chi connectivity index (χ0n) is 24.5. The summed E-state index contributed by atoms with van der Waals surface area (Å²) in [6.07, 6.45) is 5.36. The van der Waals surface area contributed by atoms with Crippen molar-refractivity contribution in [3.63, 3.8) is 0 Å². The number of carbonyl (C=O) groups is 3. The van der Waals surface area contributed by atoms with Crippen LogP contribution in [0.15, 0.2) is 55.6 Å². The standard InChI is InChI=1S/C32H44N2O5S/c1-8-17-33(31(6,7)20-30(3,4)5)28(37)26-32-16-15-23(40-32)24(29(38)39-18-9-2)25(32)27(36)34(26)22(19-35)21-13-11-10-12-14-21/h8-14,22-26,35H,1-2,15-20H2,3-7H3/t22-,23+,24-,25+,26?,32?/m1/s1. The third kappa shape index (κ3) is 5.25. The quantitative estimate of drug-likeness (QED) is 0.306. The Kier molecular flexibility index (Phi) is 8.63. The first-order chi connectivity index (χ1) is 18.8. The van der Waals surface area contributed by atoms with E-state index in [1.807, 2.05) is 35.2 Å². The van der Waals surface area contributed by atoms with Gasteiger partial charge in [0.25, 0.3) is 0 Å². The molecule has 3 fully saturated rings. The number of aliphatic hydroxyl groups excluding tert-OH is 1. The lowest BCUT2D eigenvalue weighted by molar-refractivity contribution is -0.153. The minimum atomic E-state index is -0.839. The third-order valence-electron chi connectivity index (χ3n) is 8.55. The van der Waals surface area contributed by atoms with Crippen molar-refractivity contribution in [3.8, 4) is 0 Å². The van der Waals surface area contributed by atoms with Gasteiger partial charge in [-0.1, -0.05) is 69.8 Å². The normalized spacial score (nSPS) is 28.2. The van der Waals surface area contributed by atoms with Gasteiger partial charge >= 0.3 is 5.97 Å². The lowest BCUT2D eigenvalue weighted by Gasteiger charge is -2.46. The summed E-state index contributed by atoms with van der Waals surface area (Å²) in [4.78, 5) is 46.2. The molecule has 0 aromatic heterocycles. The molecular weight excluding hydrogens is 524 g/mol. The van der Waals surface area contributed by atoms with Crippen molar-refractivity contribution in [1.29, 1.82) is 0 Å². The van der Waals surface area contributed by atoms with E-state index in [-0.39, 0.29) is 35.7 Å². The maximum Gasteiger partial charge on any atom is 0.311 e. The van der Waals surface area contributed by atoms with Crippen molar-refractivity contribution < 1.29 is 24.2 Å². The lowest BCUT2D eigenvalue weighted by atomic mass is 9.71. The molecule has 2 amide bonds. The summed E-state index contributed by atoms with van der Waals surface area (Å²) in [5.74, 6) is -2.17. The van der Waals surface area contributed by atoms with Crippen LogP contribution in [0.1, 0.15) is 65.5 Å². The van der Waals surface area contributed by atoms with Crippen molar-refractivity contribution >= 4 is 29.5 Å². The predicted molar refractivity (Wildman–Crippen MR) is 158 cm³/mol. The molecule has 1 aromatic carbocycles. The first kappa shape index (κ1) is 30.4. The van der Waals surface area contributed by atoms with E-state index < -0.39 is 40.2 Å². The first-order valence-corrected chi connectivity index (χ1v) is 15.1. The molecule has 0 aliphatic carbocycles. The molecule has 0 radical (unpaired) electrons. The monoisotopic (exact) mass is 568 g/mol. The second kappa shape index (κ2) is 11.4. The number of fused-ring (bicyclic) bond motifs is 1. The average molecular weight is 569 g/mol. The molecule has 218 valence electrons. The molecule has 6 atom stereocenters. The Hall–Kier alpha value is -2.58. The van der Waals surface area contributed by atoms with Crippen molar-refractivity contribution in [2.45, 2.75) is 81.5 Å². The van der Waals surface area contributed by atoms with E-state index in [1.165, 1.54) is 6.08 Å². The highest BCUT2D eigenvalue weighted by Gasteiger charge is 2.75. The summed E-state index contributed by atoms with van der Waals surface area (Å²) in [5, 5.41) is 10.6. The van der Waals surface area contributed by atoms with Crippen LogP contribution >= 0.6 is 11.8 Å². The predicted octanol–water partition coefficient (Wildman–Crippen LogP) is 4.77. The zero-order chi connectivity index (χ0) is 29.5. The summed E-state index contributed by atoms with van der Waals surface area (Å²) >= 11 is 1.60. The second-order valence-corrected chi connectivity index (χ2v) is 14.7. The van der Waals surface area contributed by atoms with Crippen LogP contribution in [-0.2, 0) is 19.1 Å². The van der Waals surface area contributed by atoms with Gasteiger partial charge in [-0.2, -0.15) is 0 Å². The van der Waals surface area contributed by atoms with Crippen LogP contribution in [0.4, 0.5) is 0 Å². The molecule has 2 bridgehead atoms. The van der Waals surface area contributed by atoms with Crippen molar-refractivity contribution in [2.24, 2.45) is 17.3 Å². The Balaban J connectivity index is 1.85. The van der Waals surface area contributed by atoms with E-state index in [4.69, 9.17) is 4.74 Å². The van der Waals surface area contributed by atoms with Gasteiger partial charge < -0.3 is 19.6 Å². The molecule has 4 rings (SSSR count). The number of rotatable bonds is 11. The number of carbonyl (C=O) groups excluding carboxylic acids is 3. The van der Waals surface area contributed by atoms with E-state index >= 15 is 0 Å². The van der Waals surface area contributed by atoms with Gasteiger partial charge in [0.1, 0.15) is 12.6 Å². The molecule has 3 aliphatic rings. The van der Waals surface area contributed by atoms with Gasteiger partial charge in [-0.05, 0) is 44.1 Å². The van der Waals surface area contributed by atoms with E-state index in [1.54, 1.807) is 22.7 Å². The van der Waals surface area contributed by atoms with E-state index in [0.717, 1.165) is 18.4 Å². The summed E-state index contributed by atoms with van der Waals surface area (Å²) < 4.78 is 4.70. The van der Waals surface area contributed by atoms with Crippen LogP contribution in [0.3, 0.4) is 0 Å². The Labute approximate surface area is 243 Å². The number of aliphatic hydroxyl groups is 1. The SMILES string of the molecule is C=CCOC(=O)[C@@H]1[C@@H]2CCC3(S2)C(C(=O)N(CC=C)C(C)(C)CC(C)(C)C)N([C@H](CO)c2ccccc2)C(=O)[C@H]13. The average Bonchev–Trinajstić information content (AvgIpc) is 3.53. The number of hydrogen-bond acceptors (Lipinski definition) is 6. The smallest absolute Gasteiger partial charge is 0.311 e. The molecule has 3 aliphatic heterocycles. The molecule has 7 nitrogen and oxygen atoms in total. The molecule has 3 heterocycles. The first-order valence-electron chi connectivity index (χ1n) is 14.2. The Morgan fingerprint density at radius 1 is 1.20 bits per heavy atom. The number of benzene rings is 1. The Morgan fingerprint density at radius 3 is 2.45 bits per heavy atom. The maximum atomic E-state index is 14.9. The summed E-state index contributed by atoms with van der Waals surface area (Å²) in [6.45, 7) is 18.2. The van der Waals surface area contributed by atoms with Gasteiger partial charge in [0.05, 0.1) is 29.2 Å². The second-order valence-electron chi connectivity index (χ2n) is 13.1. The molecule has 8 heteroatoms. The highest BCUT2D eigenvalue weighted by molar-refractivity contribution is 8.02. The van der Waals surface area contributed by atoms with Crippen LogP contribution in [0, 0.1) is 17.3 Å². The van der Waals surface area contributed by atoms with Gasteiger partial charge in [0, 0.05) is 17.3 Å². The summed E-state index contributed by atoms with van der Waals surface area (Å²) in [6, 6.07) is 7.78. The van der Waals surface area contributed by atoms with Crippen LogP contribution in [0.5, 0.6) is 0 Å². The van der Waals surface area contributed by atoms with E-state index in [0.29, 0.717) is 13.0 Å².